The molecule has 0 saturated carbocycles. The lowest BCUT2D eigenvalue weighted by atomic mass is 10.1. The Morgan fingerprint density at radius 1 is 1.30 bits per heavy atom. The number of H-pyrrole nitrogens is 1. The van der Waals surface area contributed by atoms with Crippen LogP contribution in [0.2, 0.25) is 5.02 Å². The number of aromatic amines is 1. The highest BCUT2D eigenvalue weighted by Crippen LogP contribution is 2.31. The number of halogens is 1. The first kappa shape index (κ1) is 20.2. The molecule has 0 spiro atoms. The Morgan fingerprint density at radius 2 is 2.17 bits per heavy atom. The third-order valence-electron chi connectivity index (χ3n) is 4.61. The molecule has 1 amide bonds. The van der Waals surface area contributed by atoms with Gasteiger partial charge in [0.15, 0.2) is 0 Å². The van der Waals surface area contributed by atoms with Crippen molar-refractivity contribution in [3.63, 3.8) is 0 Å². The smallest absolute Gasteiger partial charge is 0.272 e. The summed E-state index contributed by atoms with van der Waals surface area (Å²) in [5.41, 5.74) is 2.48. The van der Waals surface area contributed by atoms with E-state index in [1.165, 1.54) is 0 Å². The molecule has 0 fully saturated rings. The number of fused-ring (bicyclic) bond motifs is 1. The number of anilines is 1. The maximum atomic E-state index is 13.1. The minimum Gasteiger partial charge on any atom is -0.491 e. The summed E-state index contributed by atoms with van der Waals surface area (Å²) in [5.74, 6) is 1.72. The summed E-state index contributed by atoms with van der Waals surface area (Å²) in [6.07, 6.45) is 2.04. The van der Waals surface area contributed by atoms with Crippen molar-refractivity contribution >= 4 is 45.9 Å². The van der Waals surface area contributed by atoms with E-state index >= 15 is 0 Å². The predicted molar refractivity (Wildman–Crippen MR) is 119 cm³/mol. The number of carbonyl (C=O) groups is 1. The normalized spacial score (nSPS) is 11.0. The number of ether oxygens (including phenoxy) is 1. The van der Waals surface area contributed by atoms with E-state index in [9.17, 15) is 4.79 Å². The lowest BCUT2D eigenvalue weighted by Gasteiger charge is -2.11. The summed E-state index contributed by atoms with van der Waals surface area (Å²) in [6.45, 7) is 0.603. The number of carbonyl (C=O) groups excluding carboxylic acids is 1. The maximum absolute atomic E-state index is 13.1. The van der Waals surface area contributed by atoms with Crippen LogP contribution in [0, 0.1) is 0 Å². The fraction of sp³-hybridized carbons (Fsp3) is 0.200. The van der Waals surface area contributed by atoms with Crippen molar-refractivity contribution in [1.29, 1.82) is 0 Å². The van der Waals surface area contributed by atoms with E-state index in [0.29, 0.717) is 34.4 Å². The summed E-state index contributed by atoms with van der Waals surface area (Å²) in [7, 11) is 1.85. The molecule has 2 N–H and O–H groups in total. The van der Waals surface area contributed by atoms with Gasteiger partial charge in [-0.15, -0.1) is 10.2 Å². The number of nitrogens with zero attached hydrogens (tertiary/aromatic N) is 4. The van der Waals surface area contributed by atoms with E-state index in [0.717, 1.165) is 22.4 Å². The van der Waals surface area contributed by atoms with Gasteiger partial charge in [-0.25, -0.2) is 0 Å². The van der Waals surface area contributed by atoms with E-state index in [1.807, 2.05) is 42.1 Å². The zero-order chi connectivity index (χ0) is 21.1. The largest absolute Gasteiger partial charge is 0.491 e. The lowest BCUT2D eigenvalue weighted by molar-refractivity contribution is 0.102. The third-order valence-corrected chi connectivity index (χ3v) is 5.42. The van der Waals surface area contributed by atoms with Crippen molar-refractivity contribution in [2.75, 3.05) is 23.9 Å². The van der Waals surface area contributed by atoms with Gasteiger partial charge >= 0.3 is 0 Å². The molecule has 154 valence electrons. The number of thioether (sulfide) groups is 1. The SMILES string of the molecule is CSCCOc1cccc2cc(C(=O)Nc3ccc(Cl)cc3-c3nn[nH]n3)n(C)c12. The highest BCUT2D eigenvalue weighted by Gasteiger charge is 2.19. The molecule has 4 aromatic rings. The van der Waals surface area contributed by atoms with Crippen molar-refractivity contribution in [3.05, 3.63) is 53.2 Å². The monoisotopic (exact) mass is 442 g/mol. The van der Waals surface area contributed by atoms with Crippen molar-refractivity contribution < 1.29 is 9.53 Å². The van der Waals surface area contributed by atoms with Crippen molar-refractivity contribution in [1.82, 2.24) is 25.2 Å². The summed E-state index contributed by atoms with van der Waals surface area (Å²) < 4.78 is 7.75. The zero-order valence-corrected chi connectivity index (χ0v) is 17.9. The number of aryl methyl sites for hydroxylation is 1. The topological polar surface area (TPSA) is 97.7 Å². The molecule has 0 atom stereocenters. The van der Waals surface area contributed by atoms with Crippen LogP contribution in [0.15, 0.2) is 42.5 Å². The van der Waals surface area contributed by atoms with Crippen LogP contribution in [-0.4, -0.2) is 49.7 Å². The van der Waals surface area contributed by atoms with Gasteiger partial charge in [-0.2, -0.15) is 17.0 Å². The highest BCUT2D eigenvalue weighted by molar-refractivity contribution is 7.98. The van der Waals surface area contributed by atoms with Gasteiger partial charge in [0.2, 0.25) is 5.82 Å². The lowest BCUT2D eigenvalue weighted by Crippen LogP contribution is -2.16. The molecular weight excluding hydrogens is 424 g/mol. The number of nitrogens with one attached hydrogen (secondary N) is 2. The van der Waals surface area contributed by atoms with Crippen LogP contribution in [0.4, 0.5) is 5.69 Å². The quantitative estimate of drug-likeness (QED) is 0.420. The van der Waals surface area contributed by atoms with Crippen LogP contribution < -0.4 is 10.1 Å². The second-order valence-corrected chi connectivity index (χ2v) is 7.93. The summed E-state index contributed by atoms with van der Waals surface area (Å²) in [6, 6.07) is 12.7. The Labute approximate surface area is 181 Å². The van der Waals surface area contributed by atoms with Gasteiger partial charge in [0.05, 0.1) is 17.8 Å². The maximum Gasteiger partial charge on any atom is 0.272 e. The summed E-state index contributed by atoms with van der Waals surface area (Å²) in [5, 5.41) is 18.3. The molecule has 2 heterocycles. The molecule has 10 heteroatoms. The second kappa shape index (κ2) is 8.76. The molecule has 2 aromatic heterocycles. The Hall–Kier alpha value is -3.04. The van der Waals surface area contributed by atoms with Gasteiger partial charge in [0, 0.05) is 28.8 Å². The molecule has 0 aliphatic rings. The van der Waals surface area contributed by atoms with E-state index in [2.05, 4.69) is 25.9 Å². The number of hydrogen-bond donors (Lipinski definition) is 2. The molecule has 0 bridgehead atoms. The number of aromatic nitrogens is 5. The van der Waals surface area contributed by atoms with Gasteiger partial charge in [0.25, 0.3) is 5.91 Å². The molecule has 4 rings (SSSR count). The third kappa shape index (κ3) is 3.99. The molecule has 0 radical (unpaired) electrons. The molecule has 2 aromatic carbocycles. The predicted octanol–water partition coefficient (Wildman–Crippen LogP) is 4.01. The fourth-order valence-electron chi connectivity index (χ4n) is 3.22. The van der Waals surface area contributed by atoms with Crippen LogP contribution in [-0.2, 0) is 7.05 Å². The van der Waals surface area contributed by atoms with E-state index in [4.69, 9.17) is 16.3 Å². The number of amides is 1. The number of rotatable bonds is 7. The van der Waals surface area contributed by atoms with Gasteiger partial charge in [-0.1, -0.05) is 23.7 Å². The van der Waals surface area contributed by atoms with Crippen LogP contribution in [0.25, 0.3) is 22.3 Å². The van der Waals surface area contributed by atoms with E-state index in [1.54, 1.807) is 30.0 Å². The van der Waals surface area contributed by atoms with Crippen molar-refractivity contribution in [2.45, 2.75) is 0 Å². The molecule has 0 aliphatic heterocycles. The minimum absolute atomic E-state index is 0.268. The van der Waals surface area contributed by atoms with Gasteiger partial charge in [-0.05, 0) is 41.8 Å². The van der Waals surface area contributed by atoms with Crippen LogP contribution in [0.3, 0.4) is 0 Å². The standard InChI is InChI=1S/C20H19ClN6O2S/c1-27-16(10-12-4-3-5-17(18(12)27)29-8-9-30-2)20(28)22-15-7-6-13(21)11-14(15)19-23-25-26-24-19/h3-7,10-11H,8-9H2,1-2H3,(H,22,28)(H,23,24,25,26). The molecule has 0 aliphatic carbocycles. The number of benzene rings is 2. The molecule has 30 heavy (non-hydrogen) atoms. The molecule has 0 unspecified atom stereocenters. The number of tetrazole rings is 1. The first-order valence-electron chi connectivity index (χ1n) is 9.13. The van der Waals surface area contributed by atoms with Crippen LogP contribution in [0.5, 0.6) is 5.75 Å². The number of hydrogen-bond acceptors (Lipinski definition) is 6. The van der Waals surface area contributed by atoms with Crippen LogP contribution >= 0.6 is 23.4 Å². The van der Waals surface area contributed by atoms with Crippen molar-refractivity contribution in [2.24, 2.45) is 7.05 Å². The highest BCUT2D eigenvalue weighted by atomic mass is 35.5. The zero-order valence-electron chi connectivity index (χ0n) is 16.3. The fourth-order valence-corrected chi connectivity index (χ4v) is 3.64. The second-order valence-electron chi connectivity index (χ2n) is 6.50. The Kier molecular flexibility index (Phi) is 5.91. The van der Waals surface area contributed by atoms with E-state index in [-0.39, 0.29) is 5.91 Å². The average Bonchev–Trinajstić information content (AvgIpc) is 3.38. The van der Waals surface area contributed by atoms with Gasteiger partial charge < -0.3 is 14.6 Å². The Morgan fingerprint density at radius 3 is 2.93 bits per heavy atom. The molecular formula is C20H19ClN6O2S. The van der Waals surface area contributed by atoms with Gasteiger partial charge in [-0.3, -0.25) is 4.79 Å². The summed E-state index contributed by atoms with van der Waals surface area (Å²) in [4.78, 5) is 13.1. The molecule has 0 saturated heterocycles. The van der Waals surface area contributed by atoms with Crippen LogP contribution in [0.1, 0.15) is 10.5 Å². The van der Waals surface area contributed by atoms with E-state index < -0.39 is 0 Å². The summed E-state index contributed by atoms with van der Waals surface area (Å²) >= 11 is 7.84. The Balaban J connectivity index is 1.67. The van der Waals surface area contributed by atoms with Crippen molar-refractivity contribution in [3.8, 4) is 17.1 Å². The first-order valence-corrected chi connectivity index (χ1v) is 10.9. The Bertz CT molecular complexity index is 1190. The first-order chi connectivity index (χ1) is 14.6. The minimum atomic E-state index is -0.268. The molecule has 8 nitrogen and oxygen atoms in total. The van der Waals surface area contributed by atoms with Gasteiger partial charge in [0.1, 0.15) is 11.4 Å². The number of para-hydroxylation sites is 1. The average molecular weight is 443 g/mol.